The molecular formula is C12H6F2N2O. The summed E-state index contributed by atoms with van der Waals surface area (Å²) in [4.78, 5) is 3.81. The van der Waals surface area contributed by atoms with Crippen molar-refractivity contribution in [3.8, 4) is 17.7 Å². The van der Waals surface area contributed by atoms with E-state index in [1.807, 2.05) is 6.07 Å². The summed E-state index contributed by atoms with van der Waals surface area (Å²) in [6.45, 7) is 0. The Labute approximate surface area is 95.9 Å². The quantitative estimate of drug-likeness (QED) is 0.799. The van der Waals surface area contributed by atoms with Gasteiger partial charge in [-0.1, -0.05) is 0 Å². The van der Waals surface area contributed by atoms with Gasteiger partial charge in [-0.2, -0.15) is 5.26 Å². The van der Waals surface area contributed by atoms with Gasteiger partial charge in [0.05, 0.1) is 11.6 Å². The Morgan fingerprint density at radius 1 is 1.18 bits per heavy atom. The van der Waals surface area contributed by atoms with Gasteiger partial charge in [-0.3, -0.25) is 0 Å². The molecule has 0 fully saturated rings. The van der Waals surface area contributed by atoms with E-state index in [1.165, 1.54) is 18.3 Å². The second kappa shape index (κ2) is 4.58. The van der Waals surface area contributed by atoms with Gasteiger partial charge in [-0.15, -0.1) is 0 Å². The van der Waals surface area contributed by atoms with E-state index in [9.17, 15) is 8.78 Å². The van der Waals surface area contributed by atoms with E-state index < -0.39 is 11.6 Å². The monoisotopic (exact) mass is 232 g/mol. The zero-order valence-corrected chi connectivity index (χ0v) is 8.52. The first-order valence-electron chi connectivity index (χ1n) is 4.68. The van der Waals surface area contributed by atoms with Crippen LogP contribution in [0, 0.1) is 23.0 Å². The molecule has 2 rings (SSSR count). The highest BCUT2D eigenvalue weighted by Crippen LogP contribution is 2.23. The average Bonchev–Trinajstić information content (AvgIpc) is 2.33. The summed E-state index contributed by atoms with van der Waals surface area (Å²) in [5, 5.41) is 8.66. The van der Waals surface area contributed by atoms with Crippen LogP contribution in [0.1, 0.15) is 5.56 Å². The smallest absolute Gasteiger partial charge is 0.220 e. The lowest BCUT2D eigenvalue weighted by molar-refractivity contribution is 0.423. The van der Waals surface area contributed by atoms with Crippen LogP contribution in [0.4, 0.5) is 8.78 Å². The first kappa shape index (κ1) is 11.0. The van der Waals surface area contributed by atoms with Gasteiger partial charge >= 0.3 is 0 Å². The molecule has 1 aromatic heterocycles. The lowest BCUT2D eigenvalue weighted by atomic mass is 10.3. The molecule has 0 amide bonds. The minimum atomic E-state index is -0.825. The lowest BCUT2D eigenvalue weighted by Gasteiger charge is -2.05. The number of hydrogen-bond acceptors (Lipinski definition) is 3. The first-order valence-corrected chi connectivity index (χ1v) is 4.68. The van der Waals surface area contributed by atoms with Crippen molar-refractivity contribution in [2.24, 2.45) is 0 Å². The Morgan fingerprint density at radius 3 is 2.71 bits per heavy atom. The molecule has 0 aliphatic rings. The van der Waals surface area contributed by atoms with E-state index in [4.69, 9.17) is 10.00 Å². The van der Waals surface area contributed by atoms with Gasteiger partial charge in [0.15, 0.2) is 11.6 Å². The number of benzene rings is 1. The molecule has 1 heterocycles. The van der Waals surface area contributed by atoms with Gasteiger partial charge in [0.2, 0.25) is 5.88 Å². The van der Waals surface area contributed by atoms with Crippen molar-refractivity contribution in [2.45, 2.75) is 0 Å². The predicted molar refractivity (Wildman–Crippen MR) is 55.4 cm³/mol. The molecule has 0 bridgehead atoms. The second-order valence-electron chi connectivity index (χ2n) is 3.17. The number of pyridine rings is 1. The summed E-state index contributed by atoms with van der Waals surface area (Å²) in [5.41, 5.74) is 0.345. The van der Waals surface area contributed by atoms with Gasteiger partial charge in [0.1, 0.15) is 5.82 Å². The largest absolute Gasteiger partial charge is 0.436 e. The molecule has 3 nitrogen and oxygen atoms in total. The van der Waals surface area contributed by atoms with E-state index in [0.29, 0.717) is 11.6 Å². The van der Waals surface area contributed by atoms with Crippen molar-refractivity contribution in [2.75, 3.05) is 0 Å². The van der Waals surface area contributed by atoms with Crippen LogP contribution in [0.2, 0.25) is 0 Å². The van der Waals surface area contributed by atoms with Crippen LogP contribution in [0.25, 0.3) is 0 Å². The maximum atomic E-state index is 13.3. The molecule has 2 aromatic rings. The number of rotatable bonds is 2. The topological polar surface area (TPSA) is 45.9 Å². The Balaban J connectivity index is 2.28. The van der Waals surface area contributed by atoms with E-state index in [1.54, 1.807) is 0 Å². The average molecular weight is 232 g/mol. The summed E-state index contributed by atoms with van der Waals surface area (Å²) >= 11 is 0. The fourth-order valence-electron chi connectivity index (χ4n) is 1.21. The van der Waals surface area contributed by atoms with E-state index in [0.717, 1.165) is 12.1 Å². The van der Waals surface area contributed by atoms with E-state index in [-0.39, 0.29) is 11.6 Å². The number of nitriles is 1. The summed E-state index contributed by atoms with van der Waals surface area (Å²) in [5.74, 6) is -1.58. The number of ether oxygens (including phenoxy) is 1. The summed E-state index contributed by atoms with van der Waals surface area (Å²) in [6.07, 6.45) is 1.37. The van der Waals surface area contributed by atoms with Crippen LogP contribution in [0.3, 0.4) is 0 Å². The highest BCUT2D eigenvalue weighted by molar-refractivity contribution is 5.34. The lowest BCUT2D eigenvalue weighted by Crippen LogP contribution is -1.92. The second-order valence-corrected chi connectivity index (χ2v) is 3.17. The zero-order chi connectivity index (χ0) is 12.3. The Bertz CT molecular complexity index is 593. The molecule has 0 radical (unpaired) electrons. The highest BCUT2D eigenvalue weighted by Gasteiger charge is 2.07. The Hall–Kier alpha value is -2.48. The van der Waals surface area contributed by atoms with Gasteiger partial charge in [0, 0.05) is 18.3 Å². The third kappa shape index (κ3) is 2.55. The third-order valence-corrected chi connectivity index (χ3v) is 1.97. The van der Waals surface area contributed by atoms with Gasteiger partial charge < -0.3 is 4.74 Å². The summed E-state index contributed by atoms with van der Waals surface area (Å²) in [6, 6.07) is 7.71. The fraction of sp³-hybridized carbons (Fsp3) is 0. The molecule has 17 heavy (non-hydrogen) atoms. The summed E-state index contributed by atoms with van der Waals surface area (Å²) in [7, 11) is 0. The molecule has 0 saturated carbocycles. The molecular weight excluding hydrogens is 226 g/mol. The Morgan fingerprint density at radius 2 is 2.00 bits per heavy atom. The molecule has 1 aromatic carbocycles. The molecule has 0 aliphatic heterocycles. The number of nitrogens with zero attached hydrogens (tertiary/aromatic N) is 2. The molecule has 0 N–H and O–H groups in total. The van der Waals surface area contributed by atoms with Crippen molar-refractivity contribution >= 4 is 0 Å². The van der Waals surface area contributed by atoms with E-state index >= 15 is 0 Å². The highest BCUT2D eigenvalue weighted by atomic mass is 19.1. The van der Waals surface area contributed by atoms with Crippen LogP contribution in [-0.4, -0.2) is 4.98 Å². The van der Waals surface area contributed by atoms with Crippen molar-refractivity contribution in [1.82, 2.24) is 4.98 Å². The molecule has 0 saturated heterocycles. The molecule has 0 aliphatic carbocycles. The number of halogens is 2. The number of hydrogen-bond donors (Lipinski definition) is 0. The van der Waals surface area contributed by atoms with Crippen molar-refractivity contribution in [1.29, 1.82) is 5.26 Å². The van der Waals surface area contributed by atoms with Crippen molar-refractivity contribution in [3.05, 3.63) is 53.7 Å². The third-order valence-electron chi connectivity index (χ3n) is 1.97. The SMILES string of the molecule is N#Cc1ccnc(Oc2ccc(F)cc2F)c1. The summed E-state index contributed by atoms with van der Waals surface area (Å²) < 4.78 is 31.0. The minimum absolute atomic E-state index is 0.0783. The fourth-order valence-corrected chi connectivity index (χ4v) is 1.21. The molecule has 0 spiro atoms. The van der Waals surface area contributed by atoms with Crippen molar-refractivity contribution in [3.63, 3.8) is 0 Å². The predicted octanol–water partition coefficient (Wildman–Crippen LogP) is 3.02. The minimum Gasteiger partial charge on any atom is -0.436 e. The van der Waals surface area contributed by atoms with Gasteiger partial charge in [0.25, 0.3) is 0 Å². The molecule has 0 unspecified atom stereocenters. The van der Waals surface area contributed by atoms with Crippen LogP contribution in [0.15, 0.2) is 36.5 Å². The maximum absolute atomic E-state index is 13.3. The van der Waals surface area contributed by atoms with Gasteiger partial charge in [-0.05, 0) is 18.2 Å². The first-order chi connectivity index (χ1) is 8.19. The Kier molecular flexibility index (Phi) is 2.97. The number of aromatic nitrogens is 1. The molecule has 0 atom stereocenters. The van der Waals surface area contributed by atoms with Crippen LogP contribution >= 0.6 is 0 Å². The van der Waals surface area contributed by atoms with Crippen LogP contribution in [-0.2, 0) is 0 Å². The van der Waals surface area contributed by atoms with Crippen LogP contribution in [0.5, 0.6) is 11.6 Å². The van der Waals surface area contributed by atoms with Crippen molar-refractivity contribution < 1.29 is 13.5 Å². The molecule has 84 valence electrons. The maximum Gasteiger partial charge on any atom is 0.220 e. The zero-order valence-electron chi connectivity index (χ0n) is 8.52. The normalized spacial score (nSPS) is 9.71. The van der Waals surface area contributed by atoms with Crippen LogP contribution < -0.4 is 4.74 Å². The molecule has 5 heteroatoms. The van der Waals surface area contributed by atoms with E-state index in [2.05, 4.69) is 4.98 Å². The standard InChI is InChI=1S/C12H6F2N2O/c13-9-1-2-11(10(14)6-9)17-12-5-8(7-15)3-4-16-12/h1-6H. The van der Waals surface area contributed by atoms with Gasteiger partial charge in [-0.25, -0.2) is 13.8 Å².